The highest BCUT2D eigenvalue weighted by atomic mass is 35.5. The lowest BCUT2D eigenvalue weighted by atomic mass is 10.2. The summed E-state index contributed by atoms with van der Waals surface area (Å²) in [6.45, 7) is -2.04. The Morgan fingerprint density at radius 2 is 1.94 bits per heavy atom. The van der Waals surface area contributed by atoms with Gasteiger partial charge >= 0.3 is 6.18 Å². The zero-order valence-electron chi connectivity index (χ0n) is 9.34. The van der Waals surface area contributed by atoms with Gasteiger partial charge in [-0.15, -0.1) is 0 Å². The Hall–Kier alpha value is -0.850. The Balaban J connectivity index is 2.76. The molecule has 18 heavy (non-hydrogen) atoms. The van der Waals surface area contributed by atoms with Crippen molar-refractivity contribution >= 4 is 11.6 Å². The van der Waals surface area contributed by atoms with Gasteiger partial charge in [0.15, 0.2) is 0 Å². The Morgan fingerprint density at radius 1 is 1.28 bits per heavy atom. The molecule has 0 aliphatic rings. The zero-order valence-corrected chi connectivity index (χ0v) is 10.1. The van der Waals surface area contributed by atoms with E-state index in [4.69, 9.17) is 16.7 Å². The molecule has 0 fully saturated rings. The Morgan fingerprint density at radius 3 is 2.44 bits per heavy atom. The SMILES string of the molecule is OCCN(Cc1ccc(Cl)cc1F)CC(F)(F)F. The maximum absolute atomic E-state index is 13.4. The van der Waals surface area contributed by atoms with Crippen molar-refractivity contribution in [1.29, 1.82) is 0 Å². The van der Waals surface area contributed by atoms with E-state index in [1.165, 1.54) is 12.1 Å². The van der Waals surface area contributed by atoms with Gasteiger partial charge in [0.1, 0.15) is 5.82 Å². The summed E-state index contributed by atoms with van der Waals surface area (Å²) in [7, 11) is 0. The van der Waals surface area contributed by atoms with E-state index < -0.39 is 25.1 Å². The molecule has 1 N–H and O–H groups in total. The predicted molar refractivity (Wildman–Crippen MR) is 59.8 cm³/mol. The van der Waals surface area contributed by atoms with E-state index in [0.29, 0.717) is 0 Å². The molecule has 1 rings (SSSR count). The molecule has 0 saturated heterocycles. The van der Waals surface area contributed by atoms with Crippen LogP contribution in [-0.4, -0.2) is 35.9 Å². The molecular formula is C11H12ClF4NO. The monoisotopic (exact) mass is 285 g/mol. The molecule has 2 nitrogen and oxygen atoms in total. The van der Waals surface area contributed by atoms with Crippen LogP contribution in [0.4, 0.5) is 17.6 Å². The molecule has 0 unspecified atom stereocenters. The van der Waals surface area contributed by atoms with Crippen LogP contribution in [0.25, 0.3) is 0 Å². The first kappa shape index (κ1) is 15.2. The van der Waals surface area contributed by atoms with E-state index in [2.05, 4.69) is 0 Å². The van der Waals surface area contributed by atoms with E-state index in [-0.39, 0.29) is 23.7 Å². The summed E-state index contributed by atoms with van der Waals surface area (Å²) < 4.78 is 50.2. The number of benzene rings is 1. The van der Waals surface area contributed by atoms with Crippen molar-refractivity contribution in [1.82, 2.24) is 4.90 Å². The van der Waals surface area contributed by atoms with Gasteiger partial charge in [-0.25, -0.2) is 4.39 Å². The Kier molecular flexibility index (Phi) is 5.37. The largest absolute Gasteiger partial charge is 0.401 e. The molecule has 0 aromatic heterocycles. The van der Waals surface area contributed by atoms with Crippen LogP contribution in [0, 0.1) is 5.82 Å². The summed E-state index contributed by atoms with van der Waals surface area (Å²) in [4.78, 5) is 0.923. The molecule has 0 atom stereocenters. The first-order chi connectivity index (χ1) is 8.31. The van der Waals surface area contributed by atoms with E-state index in [1.54, 1.807) is 0 Å². The van der Waals surface area contributed by atoms with Crippen molar-refractivity contribution in [3.05, 3.63) is 34.6 Å². The standard InChI is InChI=1S/C11H12ClF4NO/c12-9-2-1-8(10(13)5-9)6-17(3-4-18)7-11(14,15)16/h1-2,5,18H,3-4,6-7H2. The Labute approximate surface area is 107 Å². The Bertz CT molecular complexity index is 397. The van der Waals surface area contributed by atoms with Crippen LogP contribution in [0.5, 0.6) is 0 Å². The minimum atomic E-state index is -4.39. The molecule has 0 aliphatic heterocycles. The van der Waals surface area contributed by atoms with Crippen molar-refractivity contribution in [3.8, 4) is 0 Å². The van der Waals surface area contributed by atoms with Crippen LogP contribution in [0.1, 0.15) is 5.56 Å². The quantitative estimate of drug-likeness (QED) is 0.841. The summed E-state index contributed by atoms with van der Waals surface area (Å²) in [5, 5.41) is 8.88. The predicted octanol–water partition coefficient (Wildman–Crippen LogP) is 2.84. The summed E-state index contributed by atoms with van der Waals surface area (Å²) >= 11 is 5.55. The molecule has 0 saturated carbocycles. The number of rotatable bonds is 5. The van der Waals surface area contributed by atoms with Crippen LogP contribution in [-0.2, 0) is 6.54 Å². The lowest BCUT2D eigenvalue weighted by molar-refractivity contribution is -0.148. The average Bonchev–Trinajstić information content (AvgIpc) is 2.20. The highest BCUT2D eigenvalue weighted by Crippen LogP contribution is 2.20. The van der Waals surface area contributed by atoms with Crippen LogP contribution in [0.15, 0.2) is 18.2 Å². The van der Waals surface area contributed by atoms with Crippen LogP contribution in [0.3, 0.4) is 0 Å². The first-order valence-electron chi connectivity index (χ1n) is 5.15. The minimum Gasteiger partial charge on any atom is -0.395 e. The summed E-state index contributed by atoms with van der Waals surface area (Å²) in [6.07, 6.45) is -4.39. The van der Waals surface area contributed by atoms with Crippen molar-refractivity contribution in [2.24, 2.45) is 0 Å². The molecule has 1 aromatic carbocycles. The highest BCUT2D eigenvalue weighted by molar-refractivity contribution is 6.30. The van der Waals surface area contributed by atoms with Crippen molar-refractivity contribution in [2.45, 2.75) is 12.7 Å². The fraction of sp³-hybridized carbons (Fsp3) is 0.455. The van der Waals surface area contributed by atoms with Gasteiger partial charge in [0, 0.05) is 23.7 Å². The highest BCUT2D eigenvalue weighted by Gasteiger charge is 2.30. The topological polar surface area (TPSA) is 23.5 Å². The number of hydrogen-bond donors (Lipinski definition) is 1. The molecule has 0 amide bonds. The van der Waals surface area contributed by atoms with Gasteiger partial charge in [0.2, 0.25) is 0 Å². The maximum Gasteiger partial charge on any atom is 0.401 e. The third kappa shape index (κ3) is 5.20. The fourth-order valence-electron chi connectivity index (χ4n) is 1.50. The third-order valence-corrected chi connectivity index (χ3v) is 2.46. The summed E-state index contributed by atoms with van der Waals surface area (Å²) in [5.74, 6) is -0.660. The van der Waals surface area contributed by atoms with Crippen LogP contribution >= 0.6 is 11.6 Å². The fourth-order valence-corrected chi connectivity index (χ4v) is 1.66. The minimum absolute atomic E-state index is 0.108. The van der Waals surface area contributed by atoms with Crippen LogP contribution < -0.4 is 0 Å². The van der Waals surface area contributed by atoms with Gasteiger partial charge in [-0.3, -0.25) is 4.90 Å². The first-order valence-corrected chi connectivity index (χ1v) is 5.53. The number of aliphatic hydroxyl groups excluding tert-OH is 1. The molecule has 0 heterocycles. The number of aliphatic hydroxyl groups is 1. The van der Waals surface area contributed by atoms with E-state index in [9.17, 15) is 17.6 Å². The smallest absolute Gasteiger partial charge is 0.395 e. The molecule has 0 bridgehead atoms. The van der Waals surface area contributed by atoms with E-state index >= 15 is 0 Å². The number of nitrogens with zero attached hydrogens (tertiary/aromatic N) is 1. The summed E-state index contributed by atoms with van der Waals surface area (Å²) in [6, 6.07) is 3.78. The molecular weight excluding hydrogens is 274 g/mol. The van der Waals surface area contributed by atoms with E-state index in [0.717, 1.165) is 11.0 Å². The van der Waals surface area contributed by atoms with Crippen molar-refractivity contribution < 1.29 is 22.7 Å². The normalized spacial score (nSPS) is 12.2. The summed E-state index contributed by atoms with van der Waals surface area (Å²) in [5.41, 5.74) is 0.108. The van der Waals surface area contributed by atoms with Gasteiger partial charge < -0.3 is 5.11 Å². The lowest BCUT2D eigenvalue weighted by Gasteiger charge is -2.22. The van der Waals surface area contributed by atoms with Gasteiger partial charge in [-0.1, -0.05) is 17.7 Å². The van der Waals surface area contributed by atoms with Gasteiger partial charge in [-0.2, -0.15) is 13.2 Å². The molecule has 102 valence electrons. The van der Waals surface area contributed by atoms with Crippen molar-refractivity contribution in [2.75, 3.05) is 19.7 Å². The second-order valence-electron chi connectivity index (χ2n) is 3.79. The molecule has 1 aromatic rings. The maximum atomic E-state index is 13.4. The molecule has 0 radical (unpaired) electrons. The van der Waals surface area contributed by atoms with Gasteiger partial charge in [0.05, 0.1) is 13.2 Å². The van der Waals surface area contributed by atoms with Crippen molar-refractivity contribution in [3.63, 3.8) is 0 Å². The number of halogens is 5. The second kappa shape index (κ2) is 6.36. The van der Waals surface area contributed by atoms with Crippen LogP contribution in [0.2, 0.25) is 5.02 Å². The molecule has 0 aliphatic carbocycles. The molecule has 0 spiro atoms. The van der Waals surface area contributed by atoms with E-state index in [1.807, 2.05) is 0 Å². The average molecular weight is 286 g/mol. The van der Waals surface area contributed by atoms with Gasteiger partial charge in [0.25, 0.3) is 0 Å². The zero-order chi connectivity index (χ0) is 13.8. The lowest BCUT2D eigenvalue weighted by Crippen LogP contribution is -2.35. The number of hydrogen-bond acceptors (Lipinski definition) is 2. The number of alkyl halides is 3. The van der Waals surface area contributed by atoms with Gasteiger partial charge in [-0.05, 0) is 12.1 Å². The second-order valence-corrected chi connectivity index (χ2v) is 4.22. The molecule has 7 heteroatoms. The third-order valence-electron chi connectivity index (χ3n) is 2.23.